The molecular formula is C25H21BrClN5O6. The zero-order valence-electron chi connectivity index (χ0n) is 20.2. The van der Waals surface area contributed by atoms with E-state index < -0.39 is 36.0 Å². The van der Waals surface area contributed by atoms with Crippen LogP contribution in [0.2, 0.25) is 5.15 Å². The predicted octanol–water partition coefficient (Wildman–Crippen LogP) is 4.16. The molecule has 1 aliphatic carbocycles. The average molecular weight is 603 g/mol. The summed E-state index contributed by atoms with van der Waals surface area (Å²) in [5.41, 5.74) is 0.621. The van der Waals surface area contributed by atoms with Gasteiger partial charge in [0.1, 0.15) is 29.3 Å². The van der Waals surface area contributed by atoms with Crippen LogP contribution >= 0.6 is 27.5 Å². The largest absolute Gasteiger partial charge is 0.490 e. The summed E-state index contributed by atoms with van der Waals surface area (Å²) >= 11 is 9.61. The first kappa shape index (κ1) is 25.0. The molecule has 11 nitrogen and oxygen atoms in total. The molecule has 1 saturated heterocycles. The van der Waals surface area contributed by atoms with E-state index in [-0.39, 0.29) is 11.3 Å². The van der Waals surface area contributed by atoms with Crippen molar-refractivity contribution in [2.45, 2.75) is 56.8 Å². The molecule has 2 aliphatic rings. The van der Waals surface area contributed by atoms with Crippen LogP contribution in [-0.2, 0) is 23.8 Å². The smallest absolute Gasteiger partial charge is 0.303 e. The van der Waals surface area contributed by atoms with Crippen molar-refractivity contribution < 1.29 is 28.5 Å². The second-order valence-electron chi connectivity index (χ2n) is 9.32. The van der Waals surface area contributed by atoms with Gasteiger partial charge in [-0.05, 0) is 34.1 Å². The van der Waals surface area contributed by atoms with Crippen molar-refractivity contribution in [1.82, 2.24) is 24.5 Å². The molecule has 3 aromatic heterocycles. The van der Waals surface area contributed by atoms with Crippen molar-refractivity contribution in [2.75, 3.05) is 0 Å². The lowest BCUT2D eigenvalue weighted by molar-refractivity contribution is -0.197. The number of imidazole rings is 1. The number of ether oxygens (including phenoxy) is 4. The van der Waals surface area contributed by atoms with Gasteiger partial charge in [-0.25, -0.2) is 15.0 Å². The second-order valence-corrected chi connectivity index (χ2v) is 10.6. The van der Waals surface area contributed by atoms with E-state index in [2.05, 4.69) is 35.9 Å². The monoisotopic (exact) mass is 601 g/mol. The van der Waals surface area contributed by atoms with Crippen molar-refractivity contribution in [2.24, 2.45) is 0 Å². The van der Waals surface area contributed by atoms with Crippen molar-refractivity contribution in [3.05, 3.63) is 52.7 Å². The third-order valence-corrected chi connectivity index (χ3v) is 7.42. The lowest BCUT2D eigenvalue weighted by Gasteiger charge is -2.46. The molecule has 0 radical (unpaired) electrons. The molecule has 6 rings (SSSR count). The summed E-state index contributed by atoms with van der Waals surface area (Å²) in [5.74, 6) is -0.403. The maximum Gasteiger partial charge on any atom is 0.303 e. The number of carbonyl (C=O) groups excluding carboxylic acids is 2. The fourth-order valence-electron chi connectivity index (χ4n) is 5.18. The van der Waals surface area contributed by atoms with Gasteiger partial charge >= 0.3 is 11.9 Å². The normalized spacial score (nSPS) is 26.4. The summed E-state index contributed by atoms with van der Waals surface area (Å²) in [6.45, 7) is 2.59. The Balaban J connectivity index is 1.29. The van der Waals surface area contributed by atoms with Crippen LogP contribution in [0.25, 0.3) is 22.1 Å². The highest BCUT2D eigenvalue weighted by Gasteiger charge is 2.66. The zero-order chi connectivity index (χ0) is 26.6. The molecule has 4 aromatic rings. The molecule has 3 atom stereocenters. The number of benzene rings is 1. The number of esters is 2. The van der Waals surface area contributed by atoms with Gasteiger partial charge in [0.25, 0.3) is 0 Å². The van der Waals surface area contributed by atoms with Gasteiger partial charge in [-0.3, -0.25) is 19.1 Å². The van der Waals surface area contributed by atoms with Gasteiger partial charge in [0.2, 0.25) is 0 Å². The Morgan fingerprint density at radius 2 is 1.89 bits per heavy atom. The maximum atomic E-state index is 12.1. The third-order valence-electron chi connectivity index (χ3n) is 6.71. The number of carbonyl (C=O) groups is 2. The molecule has 38 heavy (non-hydrogen) atoms. The maximum absolute atomic E-state index is 12.1. The summed E-state index contributed by atoms with van der Waals surface area (Å²) in [7, 11) is 0. The fraction of sp³-hybridized carbons (Fsp3) is 0.360. The minimum absolute atomic E-state index is 0.177. The van der Waals surface area contributed by atoms with Crippen LogP contribution in [0.4, 0.5) is 0 Å². The molecule has 0 amide bonds. The highest BCUT2D eigenvalue weighted by molar-refractivity contribution is 9.10. The number of fused-ring (bicyclic) bond motifs is 2. The van der Waals surface area contributed by atoms with E-state index in [1.165, 1.54) is 26.5 Å². The quantitative estimate of drug-likeness (QED) is 0.243. The van der Waals surface area contributed by atoms with Gasteiger partial charge in [0.15, 0.2) is 29.2 Å². The molecule has 2 fully saturated rings. The van der Waals surface area contributed by atoms with E-state index in [0.717, 1.165) is 15.4 Å². The second kappa shape index (κ2) is 9.44. The number of hydrogen-bond acceptors (Lipinski definition) is 10. The molecule has 1 aromatic carbocycles. The standard InChI is InChI=1S/C25H21BrClN5O6/c1-12(33)35-20-21(36-13(2)34)25(38-24(20)32-11-31-19-22(27)29-10-30-23(19)32)7-17(8-25)37-16-4-3-14-5-15(26)9-28-18(14)6-16/h3-6,9-11,17,20-21,24H,7-8H2,1-2H3/t17-,20-,21+,24-,25-/m1/s1. The Bertz CT molecular complexity index is 1570. The van der Waals surface area contributed by atoms with E-state index in [4.69, 9.17) is 30.5 Å². The summed E-state index contributed by atoms with van der Waals surface area (Å²) in [6, 6.07) is 7.67. The van der Waals surface area contributed by atoms with Gasteiger partial charge in [-0.2, -0.15) is 0 Å². The van der Waals surface area contributed by atoms with Crippen LogP contribution in [-0.4, -0.2) is 60.4 Å². The van der Waals surface area contributed by atoms with E-state index in [0.29, 0.717) is 29.8 Å². The van der Waals surface area contributed by atoms with E-state index in [1.807, 2.05) is 24.3 Å². The zero-order valence-corrected chi connectivity index (χ0v) is 22.5. The Kier molecular flexibility index (Phi) is 6.20. The molecule has 0 bridgehead atoms. The number of rotatable bonds is 5. The van der Waals surface area contributed by atoms with E-state index in [1.54, 1.807) is 10.8 Å². The molecule has 4 heterocycles. The Labute approximate surface area is 229 Å². The Morgan fingerprint density at radius 3 is 2.66 bits per heavy atom. The lowest BCUT2D eigenvalue weighted by atomic mass is 9.73. The molecule has 1 aliphatic heterocycles. The average Bonchev–Trinajstić information content (AvgIpc) is 3.39. The van der Waals surface area contributed by atoms with Crippen molar-refractivity contribution in [3.8, 4) is 5.75 Å². The molecule has 1 spiro atoms. The van der Waals surface area contributed by atoms with Gasteiger partial charge in [-0.1, -0.05) is 11.6 Å². The van der Waals surface area contributed by atoms with Crippen molar-refractivity contribution >= 4 is 61.5 Å². The molecule has 13 heteroatoms. The van der Waals surface area contributed by atoms with Crippen LogP contribution in [0.15, 0.2) is 47.6 Å². The number of hydrogen-bond donors (Lipinski definition) is 0. The predicted molar refractivity (Wildman–Crippen MR) is 137 cm³/mol. The first-order valence-electron chi connectivity index (χ1n) is 11.8. The number of aromatic nitrogens is 5. The van der Waals surface area contributed by atoms with Gasteiger partial charge in [0, 0.05) is 48.8 Å². The van der Waals surface area contributed by atoms with E-state index >= 15 is 0 Å². The summed E-state index contributed by atoms with van der Waals surface area (Å²) in [5, 5.41) is 1.16. The SMILES string of the molecule is CC(=O)O[C@H]1[C@H](n2cnc3c(Cl)ncnc32)O[C@]2(C[C@H](Oc3ccc4cc(Br)cnc4c3)C2)[C@H]1OC(C)=O. The van der Waals surface area contributed by atoms with Crippen LogP contribution in [0, 0.1) is 0 Å². The number of halogens is 2. The minimum atomic E-state index is -0.952. The first-order valence-corrected chi connectivity index (χ1v) is 13.0. The Hall–Kier alpha value is -3.35. The van der Waals surface area contributed by atoms with Crippen LogP contribution in [0.3, 0.4) is 0 Å². The topological polar surface area (TPSA) is 128 Å². The summed E-state index contributed by atoms with van der Waals surface area (Å²) in [4.78, 5) is 41.2. The fourth-order valence-corrected chi connectivity index (χ4v) is 5.70. The highest BCUT2D eigenvalue weighted by Crippen LogP contribution is 2.53. The van der Waals surface area contributed by atoms with Gasteiger partial charge in [0.05, 0.1) is 11.8 Å². The van der Waals surface area contributed by atoms with Gasteiger partial charge < -0.3 is 18.9 Å². The number of nitrogens with zero attached hydrogens (tertiary/aromatic N) is 5. The molecule has 196 valence electrons. The molecular weight excluding hydrogens is 582 g/mol. The molecule has 0 unspecified atom stereocenters. The third kappa shape index (κ3) is 4.36. The summed E-state index contributed by atoms with van der Waals surface area (Å²) in [6.07, 6.45) is 2.39. The molecule has 0 N–H and O–H groups in total. The van der Waals surface area contributed by atoms with Crippen LogP contribution < -0.4 is 4.74 Å². The van der Waals surface area contributed by atoms with Crippen molar-refractivity contribution in [3.63, 3.8) is 0 Å². The first-order chi connectivity index (χ1) is 18.2. The van der Waals surface area contributed by atoms with Crippen LogP contribution in [0.5, 0.6) is 5.75 Å². The highest BCUT2D eigenvalue weighted by atomic mass is 79.9. The summed E-state index contributed by atoms with van der Waals surface area (Å²) < 4.78 is 26.6. The van der Waals surface area contributed by atoms with Crippen LogP contribution in [0.1, 0.15) is 32.9 Å². The molecule has 1 saturated carbocycles. The number of pyridine rings is 1. The Morgan fingerprint density at radius 1 is 1.11 bits per heavy atom. The lowest BCUT2D eigenvalue weighted by Crippen LogP contribution is -2.58. The van der Waals surface area contributed by atoms with E-state index in [9.17, 15) is 9.59 Å². The minimum Gasteiger partial charge on any atom is -0.490 e. The van der Waals surface area contributed by atoms with Gasteiger partial charge in [-0.15, -0.1) is 0 Å². The van der Waals surface area contributed by atoms with Crippen molar-refractivity contribution in [1.29, 1.82) is 0 Å².